The molecule has 1 unspecified atom stereocenters. The van der Waals surface area contributed by atoms with Gasteiger partial charge in [0.25, 0.3) is 10.0 Å². The second-order valence-electron chi connectivity index (χ2n) is 5.71. The number of benzene rings is 2. The summed E-state index contributed by atoms with van der Waals surface area (Å²) < 4.78 is 33.6. The van der Waals surface area contributed by atoms with Crippen molar-refractivity contribution in [3.63, 3.8) is 0 Å². The Morgan fingerprint density at radius 3 is 2.67 bits per heavy atom. The predicted molar refractivity (Wildman–Crippen MR) is 98.3 cm³/mol. The van der Waals surface area contributed by atoms with Gasteiger partial charge >= 0.3 is 0 Å². The molecule has 1 aliphatic heterocycles. The number of rotatable bonds is 3. The van der Waals surface area contributed by atoms with E-state index in [0.29, 0.717) is 5.69 Å². The van der Waals surface area contributed by atoms with Crippen LogP contribution in [0, 0.1) is 6.92 Å². The van der Waals surface area contributed by atoms with E-state index in [2.05, 4.69) is 9.71 Å². The third-order valence-corrected chi connectivity index (χ3v) is 5.55. The van der Waals surface area contributed by atoms with E-state index in [9.17, 15) is 8.42 Å². The molecule has 0 saturated heterocycles. The van der Waals surface area contributed by atoms with Crippen molar-refractivity contribution in [1.29, 1.82) is 0 Å². The molecule has 1 heterocycles. The van der Waals surface area contributed by atoms with Crippen LogP contribution in [0.5, 0.6) is 5.75 Å². The molecule has 2 aromatic rings. The monoisotopic (exact) mass is 349 g/mol. The van der Waals surface area contributed by atoms with Crippen molar-refractivity contribution in [2.45, 2.75) is 24.7 Å². The third-order valence-electron chi connectivity index (χ3n) is 4.21. The fourth-order valence-corrected chi connectivity index (χ4v) is 4.18. The van der Waals surface area contributed by atoms with E-state index >= 15 is 0 Å². The second kappa shape index (κ2) is 5.83. The van der Waals surface area contributed by atoms with E-state index < -0.39 is 10.0 Å². The van der Waals surface area contributed by atoms with Gasteiger partial charge in [-0.2, -0.15) is 8.42 Å². The highest BCUT2D eigenvalue weighted by Gasteiger charge is 2.29. The Bertz CT molecular complexity index is 946. The van der Waals surface area contributed by atoms with E-state index in [1.54, 1.807) is 19.2 Å². The number of para-hydroxylation sites is 1. The molecule has 3 N–H and O–H groups in total. The molecular formula is C17H23N3O3S. The van der Waals surface area contributed by atoms with Crippen molar-refractivity contribution in [3.05, 3.63) is 53.1 Å². The Labute approximate surface area is 144 Å². The molecule has 130 valence electrons. The Morgan fingerprint density at radius 2 is 1.96 bits per heavy atom. The highest BCUT2D eigenvalue weighted by molar-refractivity contribution is 7.90. The van der Waals surface area contributed by atoms with Gasteiger partial charge in [-0.15, -0.1) is 4.40 Å². The lowest BCUT2D eigenvalue weighted by molar-refractivity contribution is 0.408. The first-order valence-corrected chi connectivity index (χ1v) is 8.93. The highest BCUT2D eigenvalue weighted by Crippen LogP contribution is 2.41. The molecule has 24 heavy (non-hydrogen) atoms. The molecule has 3 rings (SSSR count). The van der Waals surface area contributed by atoms with Crippen LogP contribution in [-0.2, 0) is 10.0 Å². The average Bonchev–Trinajstić information content (AvgIpc) is 2.53. The molecule has 0 aliphatic carbocycles. The second-order valence-corrected chi connectivity index (χ2v) is 7.28. The summed E-state index contributed by atoms with van der Waals surface area (Å²) in [6, 6.07) is 11.0. The number of aryl methyl sites for hydroxylation is 1. The molecule has 0 saturated carbocycles. The minimum Gasteiger partial charge on any atom is -0.496 e. The topological polar surface area (TPSA) is 93.8 Å². The molecular weight excluding hydrogens is 326 g/mol. The number of fused-ring (bicyclic) bond motifs is 1. The standard InChI is InChI=1S/C17H19N3O3S.2H2/c1-10-8-9-14-16(19-17(18)20-24(14,21)22)15(10)11(2)12-6-4-5-7-13(12)23-3;;/h4-9,11H,1-3H3,(H3,18,19,20);2*1H. The highest BCUT2D eigenvalue weighted by atomic mass is 32.2. The van der Waals surface area contributed by atoms with Gasteiger partial charge in [0, 0.05) is 14.3 Å². The lowest BCUT2D eigenvalue weighted by Crippen LogP contribution is -2.30. The van der Waals surface area contributed by atoms with E-state index in [1.165, 1.54) is 0 Å². The molecule has 0 aromatic heterocycles. The number of hydrogen-bond donors (Lipinski definition) is 2. The van der Waals surface area contributed by atoms with Crippen molar-refractivity contribution in [2.24, 2.45) is 10.1 Å². The number of nitrogens with two attached hydrogens (primary N) is 1. The van der Waals surface area contributed by atoms with Gasteiger partial charge < -0.3 is 15.8 Å². The third kappa shape index (κ3) is 2.60. The fraction of sp³-hybridized carbons (Fsp3) is 0.235. The minimum absolute atomic E-state index is 0. The van der Waals surface area contributed by atoms with Gasteiger partial charge in [0.15, 0.2) is 0 Å². The van der Waals surface area contributed by atoms with Crippen LogP contribution in [0.1, 0.15) is 32.4 Å². The van der Waals surface area contributed by atoms with Gasteiger partial charge in [-0.25, -0.2) is 0 Å². The van der Waals surface area contributed by atoms with Crippen LogP contribution < -0.4 is 15.8 Å². The van der Waals surface area contributed by atoms with E-state index in [0.717, 1.165) is 22.4 Å². The van der Waals surface area contributed by atoms with Crippen molar-refractivity contribution in [2.75, 3.05) is 12.4 Å². The maximum atomic E-state index is 12.3. The Hall–Kier alpha value is -2.54. The predicted octanol–water partition coefficient (Wildman–Crippen LogP) is 3.08. The van der Waals surface area contributed by atoms with Crippen molar-refractivity contribution >= 4 is 21.7 Å². The van der Waals surface area contributed by atoms with Gasteiger partial charge in [0.1, 0.15) is 10.6 Å². The lowest BCUT2D eigenvalue weighted by Gasteiger charge is -2.25. The molecule has 1 aliphatic rings. The summed E-state index contributed by atoms with van der Waals surface area (Å²) in [4.78, 5) is 0.138. The maximum absolute atomic E-state index is 12.3. The fourth-order valence-electron chi connectivity index (χ4n) is 3.11. The first kappa shape index (κ1) is 16.3. The summed E-state index contributed by atoms with van der Waals surface area (Å²) in [6.45, 7) is 3.95. The van der Waals surface area contributed by atoms with Crippen LogP contribution in [0.25, 0.3) is 0 Å². The number of anilines is 1. The molecule has 0 spiro atoms. The van der Waals surface area contributed by atoms with Crippen molar-refractivity contribution < 1.29 is 16.0 Å². The summed E-state index contributed by atoms with van der Waals surface area (Å²) in [6.07, 6.45) is 0. The molecule has 2 aromatic carbocycles. The van der Waals surface area contributed by atoms with Crippen LogP contribution in [0.3, 0.4) is 0 Å². The van der Waals surface area contributed by atoms with Crippen LogP contribution >= 0.6 is 0 Å². The van der Waals surface area contributed by atoms with Crippen molar-refractivity contribution in [1.82, 2.24) is 0 Å². The molecule has 7 heteroatoms. The zero-order valence-electron chi connectivity index (χ0n) is 13.7. The summed E-state index contributed by atoms with van der Waals surface area (Å²) in [7, 11) is -2.18. The molecule has 0 bridgehead atoms. The first-order chi connectivity index (χ1) is 11.3. The maximum Gasteiger partial charge on any atom is 0.287 e. The Kier molecular flexibility index (Phi) is 3.96. The number of hydrogen-bond acceptors (Lipinski definition) is 5. The smallest absolute Gasteiger partial charge is 0.287 e. The van der Waals surface area contributed by atoms with Gasteiger partial charge in [-0.3, -0.25) is 0 Å². The van der Waals surface area contributed by atoms with Crippen molar-refractivity contribution in [3.8, 4) is 5.75 Å². The van der Waals surface area contributed by atoms with Gasteiger partial charge in [0.05, 0.1) is 12.8 Å². The summed E-state index contributed by atoms with van der Waals surface area (Å²) >= 11 is 0. The van der Waals surface area contributed by atoms with Crippen LogP contribution in [-0.4, -0.2) is 21.5 Å². The normalized spacial score (nSPS) is 16.5. The number of guanidine groups is 1. The largest absolute Gasteiger partial charge is 0.496 e. The summed E-state index contributed by atoms with van der Waals surface area (Å²) in [5.74, 6) is 0.536. The first-order valence-electron chi connectivity index (χ1n) is 7.49. The molecule has 1 atom stereocenters. The Balaban J connectivity index is 0.00000169. The minimum atomic E-state index is -3.79. The molecule has 0 fully saturated rings. The van der Waals surface area contributed by atoms with Gasteiger partial charge in [-0.05, 0) is 30.2 Å². The lowest BCUT2D eigenvalue weighted by atomic mass is 9.88. The average molecular weight is 349 g/mol. The summed E-state index contributed by atoms with van der Waals surface area (Å²) in [5.41, 5.74) is 8.95. The summed E-state index contributed by atoms with van der Waals surface area (Å²) in [5, 5.41) is 2.92. The Morgan fingerprint density at radius 1 is 1.25 bits per heavy atom. The SMILES string of the molecule is COc1ccccc1C(C)c1c(C)ccc2c1NC(N)=NS2(=O)=O.[HH].[HH]. The number of nitrogens with zero attached hydrogens (tertiary/aromatic N) is 1. The number of ether oxygens (including phenoxy) is 1. The number of sulfonamides is 1. The van der Waals surface area contributed by atoms with Crippen LogP contribution in [0.4, 0.5) is 5.69 Å². The zero-order valence-corrected chi connectivity index (χ0v) is 14.5. The van der Waals surface area contributed by atoms with Gasteiger partial charge in [-0.1, -0.05) is 31.2 Å². The van der Waals surface area contributed by atoms with E-state index in [1.807, 2.05) is 38.1 Å². The quantitative estimate of drug-likeness (QED) is 0.888. The molecule has 6 nitrogen and oxygen atoms in total. The zero-order chi connectivity index (χ0) is 17.5. The van der Waals surface area contributed by atoms with Crippen LogP contribution in [0.15, 0.2) is 45.7 Å². The molecule has 0 radical (unpaired) electrons. The molecule has 0 amide bonds. The van der Waals surface area contributed by atoms with Crippen LogP contribution in [0.2, 0.25) is 0 Å². The number of methoxy groups -OCH3 is 1. The van der Waals surface area contributed by atoms with Gasteiger partial charge in [0.2, 0.25) is 5.96 Å². The van der Waals surface area contributed by atoms with E-state index in [-0.39, 0.29) is 19.6 Å². The number of nitrogens with one attached hydrogen (secondary N) is 1. The van der Waals surface area contributed by atoms with E-state index in [4.69, 9.17) is 10.5 Å².